The van der Waals surface area contributed by atoms with Crippen molar-refractivity contribution in [3.05, 3.63) is 29.3 Å². The number of carbonyl (C=O) groups excluding carboxylic acids is 2. The second-order valence-corrected chi connectivity index (χ2v) is 8.03. The zero-order valence-corrected chi connectivity index (χ0v) is 16.0. The van der Waals surface area contributed by atoms with Crippen LogP contribution in [0.5, 0.6) is 0 Å². The maximum atomic E-state index is 12.1. The molecule has 1 saturated carbocycles. The van der Waals surface area contributed by atoms with Crippen LogP contribution in [0.1, 0.15) is 55.9 Å². The molecule has 3 heterocycles. The maximum Gasteiger partial charge on any atom is 0.306 e. The molecule has 1 aliphatic carbocycles. The van der Waals surface area contributed by atoms with E-state index >= 15 is 0 Å². The predicted octanol–water partition coefficient (Wildman–Crippen LogP) is 2.45. The summed E-state index contributed by atoms with van der Waals surface area (Å²) in [6, 6.07) is 3.44. The second-order valence-electron chi connectivity index (χ2n) is 8.03. The summed E-state index contributed by atoms with van der Waals surface area (Å²) in [5.74, 6) is 0.493. The number of anilines is 1. The van der Waals surface area contributed by atoms with Gasteiger partial charge in [0, 0.05) is 18.6 Å². The summed E-state index contributed by atoms with van der Waals surface area (Å²) in [7, 11) is 0. The molecule has 2 aromatic heterocycles. The fourth-order valence-electron chi connectivity index (χ4n) is 3.27. The van der Waals surface area contributed by atoms with Crippen molar-refractivity contribution in [1.29, 1.82) is 0 Å². The molecule has 0 bridgehead atoms. The Morgan fingerprint density at radius 2 is 2.21 bits per heavy atom. The number of esters is 1. The summed E-state index contributed by atoms with van der Waals surface area (Å²) in [4.78, 5) is 24.1. The summed E-state index contributed by atoms with van der Waals surface area (Å²) >= 11 is 0. The molecule has 9 heteroatoms. The number of H-pyrrole nitrogens is 1. The molecule has 0 spiro atoms. The molecule has 1 aliphatic heterocycles. The lowest BCUT2D eigenvalue weighted by molar-refractivity contribution is -0.150. The van der Waals surface area contributed by atoms with Gasteiger partial charge in [-0.1, -0.05) is 12.1 Å². The van der Waals surface area contributed by atoms with E-state index in [0.717, 1.165) is 24.2 Å². The molecule has 150 valence electrons. The van der Waals surface area contributed by atoms with Gasteiger partial charge in [0.05, 0.1) is 30.8 Å². The summed E-state index contributed by atoms with van der Waals surface area (Å²) < 4.78 is 16.3. The number of aromatic amines is 1. The van der Waals surface area contributed by atoms with Gasteiger partial charge in [-0.2, -0.15) is 5.10 Å². The van der Waals surface area contributed by atoms with E-state index in [-0.39, 0.29) is 35.9 Å². The summed E-state index contributed by atoms with van der Waals surface area (Å²) in [6.45, 7) is 4.26. The lowest BCUT2D eigenvalue weighted by Crippen LogP contribution is -2.20. The molecule has 4 rings (SSSR count). The van der Waals surface area contributed by atoms with E-state index in [9.17, 15) is 9.59 Å². The molecule has 28 heavy (non-hydrogen) atoms. The van der Waals surface area contributed by atoms with Gasteiger partial charge in [0.25, 0.3) is 0 Å². The third kappa shape index (κ3) is 4.59. The van der Waals surface area contributed by atoms with Crippen LogP contribution in [0.15, 0.2) is 16.7 Å². The fourth-order valence-corrected chi connectivity index (χ4v) is 3.27. The minimum atomic E-state index is -0.254. The number of nitrogens with zero attached hydrogens (tertiary/aromatic N) is 2. The van der Waals surface area contributed by atoms with Gasteiger partial charge in [-0.3, -0.25) is 14.7 Å². The van der Waals surface area contributed by atoms with Crippen molar-refractivity contribution in [3.8, 4) is 0 Å². The molecular formula is C19H24N4O5. The number of rotatable bonds is 7. The zero-order chi connectivity index (χ0) is 19.7. The number of aryl methyl sites for hydroxylation is 1. The molecule has 2 fully saturated rings. The normalized spacial score (nSPS) is 22.8. The van der Waals surface area contributed by atoms with E-state index in [1.807, 2.05) is 0 Å². The topological polar surface area (TPSA) is 119 Å². The Hall–Kier alpha value is -2.68. The highest BCUT2D eigenvalue weighted by Crippen LogP contribution is 2.48. The van der Waals surface area contributed by atoms with E-state index in [2.05, 4.69) is 27.6 Å². The molecule has 2 aliphatic rings. The van der Waals surface area contributed by atoms with Crippen molar-refractivity contribution in [2.45, 2.75) is 58.2 Å². The molecule has 2 aromatic rings. The predicted molar refractivity (Wildman–Crippen MR) is 97.3 cm³/mol. The van der Waals surface area contributed by atoms with Crippen LogP contribution in [-0.4, -0.2) is 39.9 Å². The van der Waals surface area contributed by atoms with E-state index in [1.54, 1.807) is 19.1 Å². The van der Waals surface area contributed by atoms with Crippen molar-refractivity contribution in [2.75, 3.05) is 11.9 Å². The Kier molecular flexibility index (Phi) is 4.92. The van der Waals surface area contributed by atoms with Gasteiger partial charge in [0.1, 0.15) is 18.0 Å². The first-order valence-electron chi connectivity index (χ1n) is 9.47. The standard InChI is InChI=1S/C19H24N4O5/c1-11-5-12(28-23-11)7-17(24)20-16-8-14(21-22-16)15-6-13(10-26-15)27-18(25)9-19(2)3-4-19/h5,8,13,15H,3-4,6-7,9-10H2,1-2H3,(H2,20,21,22,24)/t13-,15-/m1/s1. The Bertz CT molecular complexity index is 869. The first-order chi connectivity index (χ1) is 13.4. The van der Waals surface area contributed by atoms with Gasteiger partial charge in [0.2, 0.25) is 5.91 Å². The van der Waals surface area contributed by atoms with Crippen LogP contribution >= 0.6 is 0 Å². The number of carbonyl (C=O) groups is 2. The SMILES string of the molecule is Cc1cc(CC(=O)Nc2cc([C@H]3C[C@@H](OC(=O)CC4(C)CC4)CO3)[nH]n2)on1. The molecule has 0 radical (unpaired) electrons. The fraction of sp³-hybridized carbons (Fsp3) is 0.579. The van der Waals surface area contributed by atoms with Crippen LogP contribution in [0.4, 0.5) is 5.82 Å². The Labute approximate surface area is 162 Å². The Balaban J connectivity index is 1.26. The third-order valence-corrected chi connectivity index (χ3v) is 5.16. The quantitative estimate of drug-likeness (QED) is 0.699. The van der Waals surface area contributed by atoms with Crippen molar-refractivity contribution < 1.29 is 23.6 Å². The van der Waals surface area contributed by atoms with E-state index in [0.29, 0.717) is 31.0 Å². The average molecular weight is 388 g/mol. The van der Waals surface area contributed by atoms with Gasteiger partial charge >= 0.3 is 5.97 Å². The van der Waals surface area contributed by atoms with E-state index < -0.39 is 0 Å². The van der Waals surface area contributed by atoms with Crippen molar-refractivity contribution in [3.63, 3.8) is 0 Å². The van der Waals surface area contributed by atoms with E-state index in [1.165, 1.54) is 0 Å². The van der Waals surface area contributed by atoms with Crippen molar-refractivity contribution in [1.82, 2.24) is 15.4 Å². The number of hydrogen-bond donors (Lipinski definition) is 2. The Morgan fingerprint density at radius 1 is 1.39 bits per heavy atom. The zero-order valence-electron chi connectivity index (χ0n) is 16.0. The lowest BCUT2D eigenvalue weighted by atomic mass is 10.1. The average Bonchev–Trinajstić information content (AvgIpc) is 3.05. The Morgan fingerprint density at radius 3 is 2.93 bits per heavy atom. The third-order valence-electron chi connectivity index (χ3n) is 5.16. The molecule has 9 nitrogen and oxygen atoms in total. The molecule has 0 unspecified atom stereocenters. The van der Waals surface area contributed by atoms with Crippen LogP contribution < -0.4 is 5.32 Å². The number of aromatic nitrogens is 3. The molecule has 2 atom stereocenters. The highest BCUT2D eigenvalue weighted by molar-refractivity contribution is 5.91. The maximum absolute atomic E-state index is 12.1. The highest BCUT2D eigenvalue weighted by Gasteiger charge is 2.41. The monoisotopic (exact) mass is 388 g/mol. The summed E-state index contributed by atoms with van der Waals surface area (Å²) in [6.07, 6.45) is 2.80. The van der Waals surface area contributed by atoms with Gasteiger partial charge in [-0.05, 0) is 25.2 Å². The van der Waals surface area contributed by atoms with Crippen molar-refractivity contribution >= 4 is 17.7 Å². The number of ether oxygens (including phenoxy) is 2. The van der Waals surface area contributed by atoms with Crippen molar-refractivity contribution in [2.24, 2.45) is 5.41 Å². The minimum absolute atomic E-state index is 0.0832. The highest BCUT2D eigenvalue weighted by atomic mass is 16.6. The smallest absolute Gasteiger partial charge is 0.306 e. The van der Waals surface area contributed by atoms with Gasteiger partial charge in [0.15, 0.2) is 5.82 Å². The largest absolute Gasteiger partial charge is 0.460 e. The summed E-state index contributed by atoms with van der Waals surface area (Å²) in [5.41, 5.74) is 1.60. The second kappa shape index (κ2) is 7.38. The van der Waals surface area contributed by atoms with Gasteiger partial charge < -0.3 is 19.3 Å². The van der Waals surface area contributed by atoms with Gasteiger partial charge in [-0.15, -0.1) is 0 Å². The minimum Gasteiger partial charge on any atom is -0.460 e. The number of amides is 1. The van der Waals surface area contributed by atoms with Crippen LogP contribution in [0, 0.1) is 12.3 Å². The number of hydrogen-bond acceptors (Lipinski definition) is 7. The molecule has 1 saturated heterocycles. The number of nitrogens with one attached hydrogen (secondary N) is 2. The van der Waals surface area contributed by atoms with Crippen LogP contribution in [0.3, 0.4) is 0 Å². The molecule has 2 N–H and O–H groups in total. The van der Waals surface area contributed by atoms with Crippen LogP contribution in [0.2, 0.25) is 0 Å². The lowest BCUT2D eigenvalue weighted by Gasteiger charge is -2.12. The van der Waals surface area contributed by atoms with Crippen LogP contribution in [0.25, 0.3) is 0 Å². The van der Waals surface area contributed by atoms with E-state index in [4.69, 9.17) is 14.0 Å². The van der Waals surface area contributed by atoms with Gasteiger partial charge in [-0.25, -0.2) is 0 Å². The first-order valence-corrected chi connectivity index (χ1v) is 9.47. The molecule has 1 amide bonds. The molecular weight excluding hydrogens is 364 g/mol. The first kappa shape index (κ1) is 18.7. The summed E-state index contributed by atoms with van der Waals surface area (Å²) in [5, 5.41) is 13.4. The van der Waals surface area contributed by atoms with Crippen LogP contribution in [-0.2, 0) is 25.5 Å². The molecule has 0 aromatic carbocycles.